The predicted octanol–water partition coefficient (Wildman–Crippen LogP) is 5.87. The number of nitrogens with zero attached hydrogens (tertiary/aromatic N) is 2. The second-order valence-corrected chi connectivity index (χ2v) is 7.38. The van der Waals surface area contributed by atoms with Gasteiger partial charge in [0.2, 0.25) is 5.88 Å². The Hall–Kier alpha value is -2.10. The maximum absolute atomic E-state index is 12.1. The summed E-state index contributed by atoms with van der Waals surface area (Å²) in [5, 5.41) is 0. The van der Waals surface area contributed by atoms with Gasteiger partial charge in [-0.3, -0.25) is 4.79 Å². The number of ether oxygens (including phenoxy) is 1. The fourth-order valence-corrected chi connectivity index (χ4v) is 3.25. The van der Waals surface area contributed by atoms with Gasteiger partial charge in [-0.2, -0.15) is 0 Å². The van der Waals surface area contributed by atoms with Crippen LogP contribution in [-0.2, 0) is 16.0 Å². The number of hydrogen-bond donors (Lipinski definition) is 0. The van der Waals surface area contributed by atoms with Crippen LogP contribution >= 0.6 is 0 Å². The van der Waals surface area contributed by atoms with Gasteiger partial charge in [-0.1, -0.05) is 65.0 Å². The molecule has 1 aromatic rings. The van der Waals surface area contributed by atoms with Crippen LogP contribution in [0.25, 0.3) is 0 Å². The van der Waals surface area contributed by atoms with E-state index in [0.29, 0.717) is 12.4 Å². The van der Waals surface area contributed by atoms with E-state index in [4.69, 9.17) is 4.74 Å². The molecule has 1 aliphatic heterocycles. The van der Waals surface area contributed by atoms with Crippen LogP contribution in [0, 0.1) is 5.92 Å². The van der Waals surface area contributed by atoms with E-state index >= 15 is 0 Å². The van der Waals surface area contributed by atoms with Crippen LogP contribution in [0.15, 0.2) is 41.3 Å². The van der Waals surface area contributed by atoms with Crippen molar-refractivity contribution >= 4 is 17.9 Å². The molecular formula is C23H34N2O2. The summed E-state index contributed by atoms with van der Waals surface area (Å²) < 4.78 is 5.47. The summed E-state index contributed by atoms with van der Waals surface area (Å²) in [6.07, 6.45) is 13.0. The maximum Gasteiger partial charge on any atom is 0.315 e. The monoisotopic (exact) mass is 370 g/mol. The summed E-state index contributed by atoms with van der Waals surface area (Å²) in [4.78, 5) is 18.5. The molecule has 1 aromatic carbocycles. The Balaban J connectivity index is 1.95. The molecular weight excluding hydrogens is 336 g/mol. The van der Waals surface area contributed by atoms with E-state index in [9.17, 15) is 4.79 Å². The van der Waals surface area contributed by atoms with Crippen molar-refractivity contribution in [3.63, 3.8) is 0 Å². The number of carbonyl (C=O) groups excluding carboxylic acids is 1. The third-order valence-electron chi connectivity index (χ3n) is 4.90. The Morgan fingerprint density at radius 2 is 2.00 bits per heavy atom. The lowest BCUT2D eigenvalue weighted by molar-refractivity contribution is -0.143. The summed E-state index contributed by atoms with van der Waals surface area (Å²) in [7, 11) is 0. The lowest BCUT2D eigenvalue weighted by Crippen LogP contribution is -2.24. The standard InChI is InChI=1S/C23H34N2O2/c1-4-6-7-8-9-12-20-13-10-14-21(17-20)25-16-15-24-22(18-25)27-23(26)19(3)11-5-2/h10,13-15,17-19H,4-9,11-12,16H2,1-3H3. The molecule has 0 radical (unpaired) electrons. The van der Waals surface area contributed by atoms with Crippen LogP contribution in [0.4, 0.5) is 5.69 Å². The number of aliphatic imine (C=N–C) groups is 1. The number of carbonyl (C=O) groups is 1. The Bertz CT molecular complexity index is 652. The molecule has 0 amide bonds. The lowest BCUT2D eigenvalue weighted by atomic mass is 10.0. The minimum Gasteiger partial charge on any atom is -0.406 e. The van der Waals surface area contributed by atoms with E-state index in [1.54, 1.807) is 6.21 Å². The minimum atomic E-state index is -0.206. The van der Waals surface area contributed by atoms with Gasteiger partial charge in [0.1, 0.15) is 0 Å². The van der Waals surface area contributed by atoms with Gasteiger partial charge < -0.3 is 9.64 Å². The average Bonchev–Trinajstić information content (AvgIpc) is 2.68. The van der Waals surface area contributed by atoms with Crippen LogP contribution in [0.1, 0.15) is 71.3 Å². The third kappa shape index (κ3) is 7.20. The number of benzene rings is 1. The number of anilines is 1. The smallest absolute Gasteiger partial charge is 0.315 e. The Morgan fingerprint density at radius 3 is 2.78 bits per heavy atom. The van der Waals surface area contributed by atoms with Crippen molar-refractivity contribution in [2.24, 2.45) is 10.9 Å². The number of aryl methyl sites for hydroxylation is 1. The first-order chi connectivity index (χ1) is 13.1. The first kappa shape index (κ1) is 21.2. The Morgan fingerprint density at radius 1 is 1.19 bits per heavy atom. The van der Waals surface area contributed by atoms with Gasteiger partial charge in [0.25, 0.3) is 0 Å². The van der Waals surface area contributed by atoms with Gasteiger partial charge in [-0.15, -0.1) is 0 Å². The summed E-state index contributed by atoms with van der Waals surface area (Å²) in [5.41, 5.74) is 2.47. The fraction of sp³-hybridized carbons (Fsp3) is 0.565. The molecule has 0 N–H and O–H groups in total. The number of rotatable bonds is 11. The Labute approximate surface area is 164 Å². The summed E-state index contributed by atoms with van der Waals surface area (Å²) in [6, 6.07) is 8.62. The van der Waals surface area contributed by atoms with Gasteiger partial charge in [-0.25, -0.2) is 4.99 Å². The van der Waals surface area contributed by atoms with Crippen LogP contribution in [0.5, 0.6) is 0 Å². The van der Waals surface area contributed by atoms with Crippen molar-refractivity contribution in [2.75, 3.05) is 11.4 Å². The summed E-state index contributed by atoms with van der Waals surface area (Å²) in [5.74, 6) is 0.0691. The van der Waals surface area contributed by atoms with Crippen LogP contribution in [0.3, 0.4) is 0 Å². The molecule has 4 heteroatoms. The van der Waals surface area contributed by atoms with E-state index < -0.39 is 0 Å². The van der Waals surface area contributed by atoms with E-state index in [0.717, 1.165) is 24.9 Å². The molecule has 0 saturated heterocycles. The molecule has 0 fully saturated rings. The highest BCUT2D eigenvalue weighted by Gasteiger charge is 2.18. The Kier molecular flexibility index (Phi) is 9.09. The molecule has 0 aliphatic carbocycles. The average molecular weight is 371 g/mol. The topological polar surface area (TPSA) is 41.9 Å². The number of hydrogen-bond acceptors (Lipinski definition) is 4. The van der Waals surface area contributed by atoms with Crippen LogP contribution in [0.2, 0.25) is 0 Å². The van der Waals surface area contributed by atoms with Crippen molar-refractivity contribution in [1.29, 1.82) is 0 Å². The highest BCUT2D eigenvalue weighted by atomic mass is 16.5. The summed E-state index contributed by atoms with van der Waals surface area (Å²) in [6.45, 7) is 6.90. The normalized spacial score (nSPS) is 14.8. The van der Waals surface area contributed by atoms with Crippen molar-refractivity contribution in [2.45, 2.75) is 72.1 Å². The molecule has 1 atom stereocenters. The second-order valence-electron chi connectivity index (χ2n) is 7.38. The van der Waals surface area contributed by atoms with E-state index in [2.05, 4.69) is 48.0 Å². The van der Waals surface area contributed by atoms with Gasteiger partial charge in [0, 0.05) is 11.9 Å². The zero-order valence-electron chi connectivity index (χ0n) is 17.1. The van der Waals surface area contributed by atoms with E-state index in [-0.39, 0.29) is 11.9 Å². The van der Waals surface area contributed by atoms with Gasteiger partial charge in [0.05, 0.1) is 18.7 Å². The molecule has 0 bridgehead atoms. The third-order valence-corrected chi connectivity index (χ3v) is 4.90. The summed E-state index contributed by atoms with van der Waals surface area (Å²) >= 11 is 0. The molecule has 0 saturated carbocycles. The van der Waals surface area contributed by atoms with Crippen LogP contribution < -0.4 is 4.90 Å². The SMILES string of the molecule is CCCCCCCc1cccc(N2C=C(OC(=O)C(C)CCC)N=CC2)c1. The molecule has 27 heavy (non-hydrogen) atoms. The number of unbranched alkanes of at least 4 members (excludes halogenated alkanes) is 4. The van der Waals surface area contributed by atoms with Crippen molar-refractivity contribution in [1.82, 2.24) is 0 Å². The van der Waals surface area contributed by atoms with Crippen LogP contribution in [-0.4, -0.2) is 18.7 Å². The highest BCUT2D eigenvalue weighted by molar-refractivity contribution is 5.75. The molecule has 1 heterocycles. The molecule has 148 valence electrons. The zero-order chi connectivity index (χ0) is 19.5. The first-order valence-electron chi connectivity index (χ1n) is 10.5. The van der Waals surface area contributed by atoms with Gasteiger partial charge in [-0.05, 0) is 37.0 Å². The second kappa shape index (κ2) is 11.6. The maximum atomic E-state index is 12.1. The molecule has 1 unspecified atom stereocenters. The highest BCUT2D eigenvalue weighted by Crippen LogP contribution is 2.22. The fourth-order valence-electron chi connectivity index (χ4n) is 3.25. The van der Waals surface area contributed by atoms with E-state index in [1.165, 1.54) is 37.7 Å². The zero-order valence-corrected chi connectivity index (χ0v) is 17.1. The first-order valence-corrected chi connectivity index (χ1v) is 10.5. The molecule has 0 spiro atoms. The van der Waals surface area contributed by atoms with E-state index in [1.807, 2.05) is 13.1 Å². The molecule has 2 rings (SSSR count). The van der Waals surface area contributed by atoms with Crippen molar-refractivity contribution < 1.29 is 9.53 Å². The minimum absolute atomic E-state index is 0.0995. The largest absolute Gasteiger partial charge is 0.406 e. The number of esters is 1. The molecule has 0 aromatic heterocycles. The van der Waals surface area contributed by atoms with Gasteiger partial charge >= 0.3 is 5.97 Å². The van der Waals surface area contributed by atoms with Gasteiger partial charge in [0.15, 0.2) is 0 Å². The molecule has 1 aliphatic rings. The quantitative estimate of drug-likeness (QED) is 0.361. The lowest BCUT2D eigenvalue weighted by Gasteiger charge is -2.23. The predicted molar refractivity (Wildman–Crippen MR) is 113 cm³/mol. The van der Waals surface area contributed by atoms with Crippen molar-refractivity contribution in [3.8, 4) is 0 Å². The molecule has 4 nitrogen and oxygen atoms in total. The van der Waals surface area contributed by atoms with Crippen molar-refractivity contribution in [3.05, 3.63) is 41.9 Å².